The van der Waals surface area contributed by atoms with Crippen molar-refractivity contribution in [1.82, 2.24) is 4.98 Å². The van der Waals surface area contributed by atoms with Gasteiger partial charge in [-0.2, -0.15) is 0 Å². The van der Waals surface area contributed by atoms with Crippen LogP contribution in [0.1, 0.15) is 39.2 Å². The molecule has 152 valence electrons. The Kier molecular flexibility index (Phi) is 5.30. The quantitative estimate of drug-likeness (QED) is 0.565. The van der Waals surface area contributed by atoms with Crippen molar-refractivity contribution in [3.05, 3.63) is 93.2 Å². The Hall–Kier alpha value is -2.83. The molecule has 1 N–H and O–H groups in total. The summed E-state index contributed by atoms with van der Waals surface area (Å²) >= 11 is 3.42. The first-order chi connectivity index (χ1) is 14.3. The van der Waals surface area contributed by atoms with Crippen molar-refractivity contribution < 1.29 is 14.7 Å². The number of amides is 1. The molecule has 30 heavy (non-hydrogen) atoms. The molecule has 5 nitrogen and oxygen atoms in total. The van der Waals surface area contributed by atoms with Crippen LogP contribution >= 0.6 is 15.9 Å². The Morgan fingerprint density at radius 3 is 2.67 bits per heavy atom. The fourth-order valence-electron chi connectivity index (χ4n) is 3.84. The first kappa shape index (κ1) is 20.4. The normalized spacial score (nSPS) is 17.9. The highest BCUT2D eigenvalue weighted by Gasteiger charge is 2.51. The number of hydrogen-bond acceptors (Lipinski definition) is 4. The van der Waals surface area contributed by atoms with Gasteiger partial charge in [0.05, 0.1) is 18.7 Å². The molecule has 0 radical (unpaired) electrons. The summed E-state index contributed by atoms with van der Waals surface area (Å²) in [6, 6.07) is 16.4. The van der Waals surface area contributed by atoms with Crippen molar-refractivity contribution in [1.29, 1.82) is 0 Å². The molecule has 0 bridgehead atoms. The fourth-order valence-corrected chi connectivity index (χ4v) is 4.20. The van der Waals surface area contributed by atoms with Crippen LogP contribution in [0.15, 0.2) is 65.3 Å². The molecule has 3 aromatic rings. The Balaban J connectivity index is 1.74. The minimum atomic E-state index is -1.94. The highest BCUT2D eigenvalue weighted by atomic mass is 79.9. The number of halogens is 1. The maximum Gasteiger partial charge on any atom is 0.264 e. The second-order valence-electron chi connectivity index (χ2n) is 7.66. The van der Waals surface area contributed by atoms with Crippen molar-refractivity contribution in [2.45, 2.75) is 32.4 Å². The second kappa shape index (κ2) is 7.78. The molecule has 0 unspecified atom stereocenters. The zero-order chi connectivity index (χ0) is 21.5. The number of rotatable bonds is 5. The number of aromatic nitrogens is 1. The highest BCUT2D eigenvalue weighted by Crippen LogP contribution is 2.44. The minimum absolute atomic E-state index is 0.225. The van der Waals surface area contributed by atoms with E-state index in [0.29, 0.717) is 17.8 Å². The highest BCUT2D eigenvalue weighted by molar-refractivity contribution is 9.10. The SMILES string of the molecule is Cc1ccc(C)c(CN2C(=O)[C@@](O)(CC(=O)c3ccccn3)c3cc(Br)ccc32)c1. The Morgan fingerprint density at radius 2 is 1.93 bits per heavy atom. The fraction of sp³-hybridized carbons (Fsp3) is 0.208. The molecule has 1 aromatic heterocycles. The molecule has 2 heterocycles. The molecule has 1 aliphatic heterocycles. The van der Waals surface area contributed by atoms with Crippen LogP contribution in [0.4, 0.5) is 5.69 Å². The smallest absolute Gasteiger partial charge is 0.264 e. The number of pyridine rings is 1. The molecule has 0 spiro atoms. The third kappa shape index (κ3) is 3.57. The number of ketones is 1. The van der Waals surface area contributed by atoms with Crippen molar-refractivity contribution in [2.24, 2.45) is 0 Å². The number of carbonyl (C=O) groups excluding carboxylic acids is 2. The van der Waals surface area contributed by atoms with Crippen LogP contribution in [0, 0.1) is 13.8 Å². The number of carbonyl (C=O) groups is 2. The lowest BCUT2D eigenvalue weighted by atomic mass is 9.89. The Labute approximate surface area is 183 Å². The van der Waals surface area contributed by atoms with Gasteiger partial charge in [-0.15, -0.1) is 0 Å². The zero-order valence-electron chi connectivity index (χ0n) is 16.7. The van der Waals surface area contributed by atoms with E-state index in [9.17, 15) is 14.7 Å². The minimum Gasteiger partial charge on any atom is -0.375 e. The van der Waals surface area contributed by atoms with Gasteiger partial charge >= 0.3 is 0 Å². The largest absolute Gasteiger partial charge is 0.375 e. The number of nitrogens with zero attached hydrogens (tertiary/aromatic N) is 2. The van der Waals surface area contributed by atoms with Gasteiger partial charge in [0.1, 0.15) is 5.69 Å². The molecule has 1 amide bonds. The van der Waals surface area contributed by atoms with Gasteiger partial charge in [-0.3, -0.25) is 14.6 Å². The van der Waals surface area contributed by atoms with E-state index < -0.39 is 11.5 Å². The summed E-state index contributed by atoms with van der Waals surface area (Å²) in [6.07, 6.45) is 1.15. The number of benzene rings is 2. The molecule has 0 aliphatic carbocycles. The summed E-state index contributed by atoms with van der Waals surface area (Å²) < 4.78 is 0.728. The summed E-state index contributed by atoms with van der Waals surface area (Å²) in [5.41, 5.74) is 2.48. The van der Waals surface area contributed by atoms with Crippen LogP contribution in [0.2, 0.25) is 0 Å². The maximum atomic E-state index is 13.5. The molecule has 1 aliphatic rings. The predicted octanol–water partition coefficient (Wildman–Crippen LogP) is 4.47. The van der Waals surface area contributed by atoms with E-state index in [-0.39, 0.29) is 17.9 Å². The lowest BCUT2D eigenvalue weighted by molar-refractivity contribution is -0.136. The van der Waals surface area contributed by atoms with Crippen LogP contribution in [0.5, 0.6) is 0 Å². The number of aryl methyl sites for hydroxylation is 2. The topological polar surface area (TPSA) is 70.5 Å². The van der Waals surface area contributed by atoms with Crippen LogP contribution < -0.4 is 4.90 Å². The van der Waals surface area contributed by atoms with E-state index >= 15 is 0 Å². The van der Waals surface area contributed by atoms with E-state index in [2.05, 4.69) is 20.9 Å². The number of anilines is 1. The molecule has 2 aromatic carbocycles. The van der Waals surface area contributed by atoms with Crippen molar-refractivity contribution in [3.63, 3.8) is 0 Å². The first-order valence-corrected chi connectivity index (χ1v) is 10.4. The van der Waals surface area contributed by atoms with Gasteiger partial charge in [0.25, 0.3) is 5.91 Å². The van der Waals surface area contributed by atoms with Crippen LogP contribution in [-0.4, -0.2) is 21.8 Å². The zero-order valence-corrected chi connectivity index (χ0v) is 18.3. The number of aliphatic hydroxyl groups is 1. The standard InChI is InChI=1S/C24H21BrN2O3/c1-15-6-7-16(2)17(11-15)14-27-21-9-8-18(25)12-19(21)24(30,23(27)29)13-22(28)20-5-3-4-10-26-20/h3-12,30H,13-14H2,1-2H3/t24-/m1/s1. The average Bonchev–Trinajstić information content (AvgIpc) is 2.93. The Bertz CT molecular complexity index is 1150. The summed E-state index contributed by atoms with van der Waals surface area (Å²) in [5.74, 6) is -0.883. The van der Waals surface area contributed by atoms with Crippen molar-refractivity contribution >= 4 is 33.3 Å². The molecule has 0 saturated heterocycles. The van der Waals surface area contributed by atoms with Crippen LogP contribution in [0.25, 0.3) is 0 Å². The molecule has 4 rings (SSSR count). The summed E-state index contributed by atoms with van der Waals surface area (Å²) in [4.78, 5) is 31.9. The van der Waals surface area contributed by atoms with E-state index in [4.69, 9.17) is 0 Å². The van der Waals surface area contributed by atoms with Crippen LogP contribution in [0.3, 0.4) is 0 Å². The van der Waals surface area contributed by atoms with Crippen molar-refractivity contribution in [3.8, 4) is 0 Å². The third-order valence-electron chi connectivity index (χ3n) is 5.49. The van der Waals surface area contributed by atoms with E-state index in [1.165, 1.54) is 6.20 Å². The molecular weight excluding hydrogens is 444 g/mol. The van der Waals surface area contributed by atoms with Gasteiger partial charge in [0, 0.05) is 16.2 Å². The van der Waals surface area contributed by atoms with Gasteiger partial charge in [0.15, 0.2) is 11.4 Å². The second-order valence-corrected chi connectivity index (χ2v) is 8.57. The Morgan fingerprint density at radius 1 is 1.13 bits per heavy atom. The van der Waals surface area contributed by atoms with Gasteiger partial charge < -0.3 is 10.0 Å². The van der Waals surface area contributed by atoms with Gasteiger partial charge in [-0.1, -0.05) is 45.8 Å². The molecule has 0 fully saturated rings. The van der Waals surface area contributed by atoms with E-state index in [1.807, 2.05) is 38.1 Å². The maximum absolute atomic E-state index is 13.5. The number of fused-ring (bicyclic) bond motifs is 1. The van der Waals surface area contributed by atoms with Crippen molar-refractivity contribution in [2.75, 3.05) is 4.90 Å². The molecular formula is C24H21BrN2O3. The monoisotopic (exact) mass is 464 g/mol. The summed E-state index contributed by atoms with van der Waals surface area (Å²) in [6.45, 7) is 4.32. The molecule has 1 atom stereocenters. The predicted molar refractivity (Wildman–Crippen MR) is 118 cm³/mol. The number of Topliss-reactive ketones (excluding diaryl/α,β-unsaturated/α-hetero) is 1. The molecule has 0 saturated carbocycles. The lowest BCUT2D eigenvalue weighted by Gasteiger charge is -2.23. The van der Waals surface area contributed by atoms with E-state index in [0.717, 1.165) is 21.2 Å². The summed E-state index contributed by atoms with van der Waals surface area (Å²) in [7, 11) is 0. The average molecular weight is 465 g/mol. The van der Waals surface area contributed by atoms with E-state index in [1.54, 1.807) is 35.2 Å². The van der Waals surface area contributed by atoms with Gasteiger partial charge in [0.2, 0.25) is 0 Å². The van der Waals surface area contributed by atoms with Gasteiger partial charge in [-0.25, -0.2) is 0 Å². The van der Waals surface area contributed by atoms with Crippen LogP contribution in [-0.2, 0) is 16.9 Å². The third-order valence-corrected chi connectivity index (χ3v) is 5.99. The lowest BCUT2D eigenvalue weighted by Crippen LogP contribution is -2.41. The first-order valence-electron chi connectivity index (χ1n) is 9.64. The number of hydrogen-bond donors (Lipinski definition) is 1. The molecule has 6 heteroatoms. The summed E-state index contributed by atoms with van der Waals surface area (Å²) in [5, 5.41) is 11.5. The van der Waals surface area contributed by atoms with Gasteiger partial charge in [-0.05, 0) is 55.3 Å².